The Hall–Kier alpha value is -2.71. The first-order valence-corrected chi connectivity index (χ1v) is 9.27. The van der Waals surface area contributed by atoms with Crippen molar-refractivity contribution < 1.29 is 9.52 Å². The van der Waals surface area contributed by atoms with E-state index in [0.717, 1.165) is 30.1 Å². The van der Waals surface area contributed by atoms with Crippen molar-refractivity contribution in [1.29, 1.82) is 0 Å². The molecule has 0 fully saturated rings. The van der Waals surface area contributed by atoms with E-state index in [0.29, 0.717) is 4.96 Å². The molecule has 4 heterocycles. The minimum atomic E-state index is -0.190. The third kappa shape index (κ3) is 3.09. The zero-order chi connectivity index (χ0) is 17.9. The zero-order valence-corrected chi connectivity index (χ0v) is 15.1. The van der Waals surface area contributed by atoms with Crippen LogP contribution in [0.25, 0.3) is 4.96 Å². The van der Waals surface area contributed by atoms with E-state index in [2.05, 4.69) is 26.9 Å². The minimum absolute atomic E-state index is 0.117. The summed E-state index contributed by atoms with van der Waals surface area (Å²) in [5.41, 5.74) is 1.23. The molecule has 7 nitrogen and oxygen atoms in total. The lowest BCUT2D eigenvalue weighted by Crippen LogP contribution is -2.31. The number of pyridine rings is 1. The number of hydrogen-bond donors (Lipinski definition) is 1. The van der Waals surface area contributed by atoms with Gasteiger partial charge in [-0.15, -0.1) is 0 Å². The van der Waals surface area contributed by atoms with E-state index in [9.17, 15) is 5.11 Å². The summed E-state index contributed by atoms with van der Waals surface area (Å²) >= 11 is 1.43. The van der Waals surface area contributed by atoms with E-state index in [1.54, 1.807) is 18.7 Å². The Labute approximate surface area is 154 Å². The van der Waals surface area contributed by atoms with Crippen molar-refractivity contribution >= 4 is 16.3 Å². The molecule has 0 aliphatic carbocycles. The van der Waals surface area contributed by atoms with Crippen molar-refractivity contribution in [2.24, 2.45) is 0 Å². The van der Waals surface area contributed by atoms with Gasteiger partial charge in [0.1, 0.15) is 18.1 Å². The van der Waals surface area contributed by atoms with Crippen LogP contribution in [0.4, 0.5) is 0 Å². The second-order valence-electron chi connectivity index (χ2n) is 5.90. The van der Waals surface area contributed by atoms with Gasteiger partial charge in [-0.1, -0.05) is 18.3 Å². The van der Waals surface area contributed by atoms with Gasteiger partial charge in [-0.05, 0) is 42.8 Å². The van der Waals surface area contributed by atoms with Crippen molar-refractivity contribution in [3.05, 3.63) is 65.5 Å². The molecule has 26 heavy (non-hydrogen) atoms. The van der Waals surface area contributed by atoms with E-state index in [1.807, 2.05) is 24.3 Å². The van der Waals surface area contributed by atoms with Crippen LogP contribution in [0.15, 0.2) is 53.7 Å². The SMILES string of the molecule is CCN(CCc1ccncc1)C(c1ccco1)c1sc2ncnn2c1O. The van der Waals surface area contributed by atoms with Crippen LogP contribution in [0.5, 0.6) is 5.88 Å². The molecule has 0 saturated heterocycles. The molecule has 4 aromatic heterocycles. The maximum absolute atomic E-state index is 10.7. The minimum Gasteiger partial charge on any atom is -0.492 e. The van der Waals surface area contributed by atoms with Crippen LogP contribution in [0.1, 0.15) is 29.2 Å². The normalized spacial score (nSPS) is 12.8. The van der Waals surface area contributed by atoms with Crippen LogP contribution >= 0.6 is 11.3 Å². The van der Waals surface area contributed by atoms with Crippen LogP contribution in [-0.4, -0.2) is 42.7 Å². The molecule has 1 N–H and O–H groups in total. The Bertz CT molecular complexity index is 964. The highest BCUT2D eigenvalue weighted by molar-refractivity contribution is 7.17. The third-order valence-corrected chi connectivity index (χ3v) is 5.49. The molecule has 0 spiro atoms. The molecule has 0 bridgehead atoms. The molecule has 0 radical (unpaired) electrons. The van der Waals surface area contributed by atoms with Crippen molar-refractivity contribution in [3.8, 4) is 5.88 Å². The molecule has 134 valence electrons. The maximum atomic E-state index is 10.7. The number of likely N-dealkylation sites (N-methyl/N-ethyl adjacent to an activating group) is 1. The lowest BCUT2D eigenvalue weighted by atomic mass is 10.1. The quantitative estimate of drug-likeness (QED) is 0.539. The number of nitrogens with zero attached hydrogens (tertiary/aromatic N) is 5. The van der Waals surface area contributed by atoms with Gasteiger partial charge < -0.3 is 9.52 Å². The molecule has 1 unspecified atom stereocenters. The second-order valence-corrected chi connectivity index (χ2v) is 6.91. The molecule has 0 amide bonds. The Morgan fingerprint density at radius 2 is 2.15 bits per heavy atom. The molecule has 0 aliphatic rings. The second kappa shape index (κ2) is 7.27. The zero-order valence-electron chi connectivity index (χ0n) is 14.3. The number of aromatic nitrogens is 4. The summed E-state index contributed by atoms with van der Waals surface area (Å²) in [6.45, 7) is 3.74. The number of hydrogen-bond acceptors (Lipinski definition) is 7. The van der Waals surface area contributed by atoms with Gasteiger partial charge in [0.15, 0.2) is 0 Å². The number of furan rings is 1. The number of aromatic hydroxyl groups is 1. The van der Waals surface area contributed by atoms with Crippen LogP contribution < -0.4 is 0 Å². The fourth-order valence-corrected chi connectivity index (χ4v) is 4.16. The number of rotatable bonds is 7. The van der Waals surface area contributed by atoms with Crippen molar-refractivity contribution in [1.82, 2.24) is 24.5 Å². The highest BCUT2D eigenvalue weighted by Gasteiger charge is 2.30. The third-order valence-electron chi connectivity index (χ3n) is 4.41. The molecule has 0 saturated carbocycles. The topological polar surface area (TPSA) is 79.7 Å². The molecule has 8 heteroatoms. The Morgan fingerprint density at radius 1 is 1.31 bits per heavy atom. The molecule has 0 aromatic carbocycles. The predicted octanol–water partition coefficient (Wildman–Crippen LogP) is 3.14. The first-order valence-electron chi connectivity index (χ1n) is 8.45. The number of fused-ring (bicyclic) bond motifs is 1. The van der Waals surface area contributed by atoms with Gasteiger partial charge in [0.2, 0.25) is 10.8 Å². The summed E-state index contributed by atoms with van der Waals surface area (Å²) in [5.74, 6) is 0.910. The van der Waals surface area contributed by atoms with E-state index in [1.165, 1.54) is 27.7 Å². The molecular formula is C18H19N5O2S. The summed E-state index contributed by atoms with van der Waals surface area (Å²) < 4.78 is 7.17. The molecule has 4 rings (SSSR count). The van der Waals surface area contributed by atoms with E-state index in [4.69, 9.17) is 4.42 Å². The van der Waals surface area contributed by atoms with Gasteiger partial charge in [0.05, 0.1) is 11.1 Å². The average Bonchev–Trinajstić information content (AvgIpc) is 3.40. The predicted molar refractivity (Wildman–Crippen MR) is 98.3 cm³/mol. The van der Waals surface area contributed by atoms with Crippen LogP contribution in [0.2, 0.25) is 0 Å². The highest BCUT2D eigenvalue weighted by atomic mass is 32.1. The smallest absolute Gasteiger partial charge is 0.230 e. The lowest BCUT2D eigenvalue weighted by Gasteiger charge is -2.28. The molecule has 0 aliphatic heterocycles. The monoisotopic (exact) mass is 369 g/mol. The largest absolute Gasteiger partial charge is 0.492 e. The first kappa shape index (κ1) is 16.7. The van der Waals surface area contributed by atoms with Crippen molar-refractivity contribution in [2.75, 3.05) is 13.1 Å². The summed E-state index contributed by atoms with van der Waals surface area (Å²) in [7, 11) is 0. The van der Waals surface area contributed by atoms with Gasteiger partial charge >= 0.3 is 0 Å². The van der Waals surface area contributed by atoms with E-state index in [-0.39, 0.29) is 11.9 Å². The molecule has 4 aromatic rings. The van der Waals surface area contributed by atoms with Gasteiger partial charge in [-0.2, -0.15) is 9.61 Å². The lowest BCUT2D eigenvalue weighted by molar-refractivity contribution is 0.214. The van der Waals surface area contributed by atoms with Crippen LogP contribution in [0.3, 0.4) is 0 Å². The summed E-state index contributed by atoms with van der Waals surface area (Å²) in [6, 6.07) is 7.67. The van der Waals surface area contributed by atoms with Crippen LogP contribution in [0, 0.1) is 0 Å². The Balaban J connectivity index is 1.68. The molecule has 1 atom stereocenters. The van der Waals surface area contributed by atoms with Crippen molar-refractivity contribution in [2.45, 2.75) is 19.4 Å². The van der Waals surface area contributed by atoms with Gasteiger partial charge in [0, 0.05) is 18.9 Å². The first-order chi connectivity index (χ1) is 12.8. The summed E-state index contributed by atoms with van der Waals surface area (Å²) in [5, 5.41) is 14.8. The van der Waals surface area contributed by atoms with Crippen molar-refractivity contribution in [3.63, 3.8) is 0 Å². The Morgan fingerprint density at radius 3 is 2.85 bits per heavy atom. The van der Waals surface area contributed by atoms with Gasteiger partial charge in [-0.3, -0.25) is 9.88 Å². The van der Waals surface area contributed by atoms with Gasteiger partial charge in [0.25, 0.3) is 0 Å². The highest BCUT2D eigenvalue weighted by Crippen LogP contribution is 2.39. The molecular weight excluding hydrogens is 350 g/mol. The fraction of sp³-hybridized carbons (Fsp3) is 0.278. The number of thiazole rings is 1. The fourth-order valence-electron chi connectivity index (χ4n) is 3.09. The standard InChI is InChI=1S/C18H19N5O2S/c1-2-22(10-7-13-5-8-19-9-6-13)15(14-4-3-11-25-14)16-17(24)23-18(26-16)20-12-21-23/h3-6,8-9,11-12,15,24H,2,7,10H2,1H3. The van der Waals surface area contributed by atoms with E-state index < -0.39 is 0 Å². The summed E-state index contributed by atoms with van der Waals surface area (Å²) in [4.78, 5) is 12.0. The Kier molecular flexibility index (Phi) is 4.68. The summed E-state index contributed by atoms with van der Waals surface area (Å²) in [6.07, 6.45) is 7.60. The van der Waals surface area contributed by atoms with Gasteiger partial charge in [-0.25, -0.2) is 4.98 Å². The maximum Gasteiger partial charge on any atom is 0.230 e. The van der Waals surface area contributed by atoms with E-state index >= 15 is 0 Å². The average molecular weight is 369 g/mol. The van der Waals surface area contributed by atoms with Crippen LogP contribution in [-0.2, 0) is 6.42 Å².